The van der Waals surface area contributed by atoms with Gasteiger partial charge in [-0.25, -0.2) is 4.79 Å². The number of benzene rings is 2. The Morgan fingerprint density at radius 3 is 2.66 bits per heavy atom. The average molecular weight is 496 g/mol. The van der Waals surface area contributed by atoms with Crippen LogP contribution in [0.4, 0.5) is 10.5 Å². The number of fused-ring (bicyclic) bond motifs is 2. The first-order valence-electron chi connectivity index (χ1n) is 11.1. The van der Waals surface area contributed by atoms with Crippen molar-refractivity contribution in [1.29, 1.82) is 0 Å². The van der Waals surface area contributed by atoms with E-state index < -0.39 is 11.9 Å². The molecule has 1 aromatic heterocycles. The summed E-state index contributed by atoms with van der Waals surface area (Å²) < 4.78 is 21.6. The molecule has 2 aromatic carbocycles. The summed E-state index contributed by atoms with van der Waals surface area (Å²) in [6, 6.07) is 12.3. The number of carbonyl (C=O) groups is 2. The number of thiophene rings is 1. The van der Waals surface area contributed by atoms with Gasteiger partial charge in [0, 0.05) is 23.2 Å². The predicted molar refractivity (Wildman–Crippen MR) is 131 cm³/mol. The summed E-state index contributed by atoms with van der Waals surface area (Å²) in [5, 5.41) is 7.11. The second kappa shape index (κ2) is 9.85. The highest BCUT2D eigenvalue weighted by Crippen LogP contribution is 2.42. The van der Waals surface area contributed by atoms with Crippen LogP contribution in [0.1, 0.15) is 22.0 Å². The Bertz CT molecular complexity index is 1250. The van der Waals surface area contributed by atoms with Crippen molar-refractivity contribution in [2.45, 2.75) is 12.5 Å². The van der Waals surface area contributed by atoms with Gasteiger partial charge >= 0.3 is 6.03 Å². The van der Waals surface area contributed by atoms with E-state index in [4.69, 9.17) is 18.9 Å². The zero-order chi connectivity index (χ0) is 24.4. The highest BCUT2D eigenvalue weighted by atomic mass is 32.1. The summed E-state index contributed by atoms with van der Waals surface area (Å²) in [7, 11) is 3.23. The van der Waals surface area contributed by atoms with Crippen molar-refractivity contribution in [3.63, 3.8) is 0 Å². The van der Waals surface area contributed by atoms with Crippen molar-refractivity contribution in [3.8, 4) is 23.0 Å². The molecule has 0 radical (unpaired) electrons. The van der Waals surface area contributed by atoms with E-state index in [0.29, 0.717) is 35.2 Å². The highest BCUT2D eigenvalue weighted by molar-refractivity contribution is 7.10. The van der Waals surface area contributed by atoms with Crippen LogP contribution in [0, 0.1) is 0 Å². The summed E-state index contributed by atoms with van der Waals surface area (Å²) in [4.78, 5) is 28.5. The number of carbonyl (C=O) groups excluding carboxylic acids is 2. The van der Waals surface area contributed by atoms with Gasteiger partial charge in [-0.3, -0.25) is 15.0 Å². The number of methoxy groups -OCH3 is 2. The van der Waals surface area contributed by atoms with Crippen molar-refractivity contribution < 1.29 is 28.5 Å². The number of nitrogens with one attached hydrogen (secondary N) is 2. The molecule has 35 heavy (non-hydrogen) atoms. The van der Waals surface area contributed by atoms with Crippen LogP contribution >= 0.6 is 11.3 Å². The maximum absolute atomic E-state index is 12.9. The molecule has 3 heterocycles. The third-order valence-corrected chi connectivity index (χ3v) is 6.94. The number of amides is 3. The summed E-state index contributed by atoms with van der Waals surface area (Å²) >= 11 is 1.63. The molecule has 3 aromatic rings. The van der Waals surface area contributed by atoms with Crippen molar-refractivity contribution in [3.05, 3.63) is 63.8 Å². The Kier molecular flexibility index (Phi) is 6.47. The molecule has 0 aliphatic carbocycles. The summed E-state index contributed by atoms with van der Waals surface area (Å²) in [6.07, 6.45) is 0.744. The molecule has 0 saturated carbocycles. The number of nitrogens with zero attached hydrogens (tertiary/aromatic N) is 1. The molecule has 5 rings (SSSR count). The Labute approximate surface area is 206 Å². The SMILES string of the molecule is COc1cc2c(cc1OC)[C@@H](c1cccs1)N(CC(=O)NC(=O)Nc1ccc3c(c1)OCO3)CC2. The number of hydrogen-bond acceptors (Lipinski definition) is 8. The van der Waals surface area contributed by atoms with E-state index in [9.17, 15) is 9.59 Å². The molecule has 3 amide bonds. The van der Waals surface area contributed by atoms with Gasteiger partial charge in [0.2, 0.25) is 12.7 Å². The van der Waals surface area contributed by atoms with Crippen LogP contribution in [0.3, 0.4) is 0 Å². The largest absolute Gasteiger partial charge is 0.493 e. The molecule has 182 valence electrons. The molecule has 0 bridgehead atoms. The zero-order valence-electron chi connectivity index (χ0n) is 19.3. The van der Waals surface area contributed by atoms with Crippen molar-refractivity contribution in [1.82, 2.24) is 10.2 Å². The number of hydrogen-bond donors (Lipinski definition) is 2. The molecule has 1 atom stereocenters. The first-order chi connectivity index (χ1) is 17.1. The minimum absolute atomic E-state index is 0.0604. The number of ether oxygens (including phenoxy) is 4. The van der Waals surface area contributed by atoms with E-state index in [2.05, 4.69) is 21.6 Å². The van der Waals surface area contributed by atoms with Gasteiger partial charge in [0.25, 0.3) is 0 Å². The molecule has 10 heteroatoms. The van der Waals surface area contributed by atoms with E-state index in [1.165, 1.54) is 0 Å². The summed E-state index contributed by atoms with van der Waals surface area (Å²) in [6.45, 7) is 0.861. The van der Waals surface area contributed by atoms with Crippen molar-refractivity contribution >= 4 is 29.0 Å². The van der Waals surface area contributed by atoms with Gasteiger partial charge < -0.3 is 24.3 Å². The lowest BCUT2D eigenvalue weighted by atomic mass is 9.91. The van der Waals surface area contributed by atoms with Crippen LogP contribution in [0.15, 0.2) is 47.8 Å². The summed E-state index contributed by atoms with van der Waals surface area (Å²) in [5.41, 5.74) is 2.72. The van der Waals surface area contributed by atoms with Gasteiger partial charge in [0.15, 0.2) is 23.0 Å². The van der Waals surface area contributed by atoms with Gasteiger partial charge in [0.1, 0.15) is 0 Å². The van der Waals surface area contributed by atoms with Gasteiger partial charge in [-0.05, 0) is 53.3 Å². The molecule has 2 aliphatic rings. The maximum Gasteiger partial charge on any atom is 0.325 e. The van der Waals surface area contributed by atoms with Crippen LogP contribution in [0.25, 0.3) is 0 Å². The fourth-order valence-corrected chi connectivity index (χ4v) is 5.31. The average Bonchev–Trinajstić information content (AvgIpc) is 3.54. The Hall–Kier alpha value is -3.76. The minimum Gasteiger partial charge on any atom is -0.493 e. The molecule has 2 aliphatic heterocycles. The molecule has 0 unspecified atom stereocenters. The van der Waals surface area contributed by atoms with E-state index in [0.717, 1.165) is 22.4 Å². The van der Waals surface area contributed by atoms with Crippen LogP contribution in [-0.2, 0) is 11.2 Å². The lowest BCUT2D eigenvalue weighted by Gasteiger charge is -2.36. The maximum atomic E-state index is 12.9. The summed E-state index contributed by atoms with van der Waals surface area (Å²) in [5.74, 6) is 2.09. The normalized spacial score (nSPS) is 16.3. The van der Waals surface area contributed by atoms with Gasteiger partial charge in [0.05, 0.1) is 26.8 Å². The third-order valence-electron chi connectivity index (χ3n) is 6.02. The number of urea groups is 1. The molecular formula is C25H25N3O6S. The standard InChI is InChI=1S/C25H25N3O6S/c1-31-19-10-15-7-8-28(24(22-4-3-9-35-22)17(15)12-20(19)32-2)13-23(29)27-25(30)26-16-5-6-18-21(11-16)34-14-33-18/h3-6,9-12,24H,7-8,13-14H2,1-2H3,(H2,26,27,29,30)/t24-/m0/s1. The lowest BCUT2D eigenvalue weighted by Crippen LogP contribution is -2.45. The van der Waals surface area contributed by atoms with Gasteiger partial charge in [-0.15, -0.1) is 11.3 Å². The van der Waals surface area contributed by atoms with Crippen LogP contribution in [0.5, 0.6) is 23.0 Å². The van der Waals surface area contributed by atoms with E-state index in [1.807, 2.05) is 23.6 Å². The monoisotopic (exact) mass is 495 g/mol. The molecular weight excluding hydrogens is 470 g/mol. The Morgan fingerprint density at radius 2 is 1.89 bits per heavy atom. The predicted octanol–water partition coefficient (Wildman–Crippen LogP) is 3.79. The molecule has 0 fully saturated rings. The second-order valence-corrected chi connectivity index (χ2v) is 9.09. The quantitative estimate of drug-likeness (QED) is 0.537. The Morgan fingerprint density at radius 1 is 1.09 bits per heavy atom. The molecule has 0 saturated heterocycles. The number of anilines is 1. The molecule has 0 spiro atoms. The minimum atomic E-state index is -0.606. The Balaban J connectivity index is 1.31. The van der Waals surface area contributed by atoms with E-state index in [-0.39, 0.29) is 19.4 Å². The third kappa shape index (κ3) is 4.75. The van der Waals surface area contributed by atoms with E-state index in [1.54, 1.807) is 43.8 Å². The van der Waals surface area contributed by atoms with Crippen LogP contribution < -0.4 is 29.6 Å². The van der Waals surface area contributed by atoms with E-state index >= 15 is 0 Å². The first-order valence-corrected chi connectivity index (χ1v) is 12.0. The highest BCUT2D eigenvalue weighted by Gasteiger charge is 2.32. The second-order valence-electron chi connectivity index (χ2n) is 8.11. The van der Waals surface area contributed by atoms with Gasteiger partial charge in [-0.2, -0.15) is 0 Å². The smallest absolute Gasteiger partial charge is 0.325 e. The van der Waals surface area contributed by atoms with Crippen molar-refractivity contribution in [2.75, 3.05) is 39.4 Å². The van der Waals surface area contributed by atoms with Crippen LogP contribution in [-0.4, -0.2) is 50.9 Å². The molecule has 9 nitrogen and oxygen atoms in total. The fourth-order valence-electron chi connectivity index (χ4n) is 4.44. The topological polar surface area (TPSA) is 98.4 Å². The van der Waals surface area contributed by atoms with Gasteiger partial charge in [-0.1, -0.05) is 6.07 Å². The first kappa shape index (κ1) is 23.0. The molecule has 2 N–H and O–H groups in total. The number of imide groups is 1. The number of rotatable bonds is 6. The zero-order valence-corrected chi connectivity index (χ0v) is 20.1. The fraction of sp³-hybridized carbons (Fsp3) is 0.280. The van der Waals surface area contributed by atoms with Crippen molar-refractivity contribution in [2.24, 2.45) is 0 Å². The lowest BCUT2D eigenvalue weighted by molar-refractivity contribution is -0.121. The van der Waals surface area contributed by atoms with Crippen LogP contribution in [0.2, 0.25) is 0 Å².